The Morgan fingerprint density at radius 2 is 1.88 bits per heavy atom. The topological polar surface area (TPSA) is 71.5 Å². The average Bonchev–Trinajstić information content (AvgIpc) is 2.98. The van der Waals surface area contributed by atoms with Crippen LogP contribution in [0.5, 0.6) is 0 Å². The van der Waals surface area contributed by atoms with Crippen LogP contribution >= 0.6 is 11.8 Å². The standard InChI is InChI=1S/C18H14N4OS/c1-11-6-8-12(9-7-11)15(23)10-24-18-20-17-16(21-22-18)13-4-2-3-5-14(13)19-17/h2-9H,10H2,1H3,(H,19,20,22). The van der Waals surface area contributed by atoms with Crippen LogP contribution in [0.2, 0.25) is 0 Å². The van der Waals surface area contributed by atoms with Crippen LogP contribution in [-0.4, -0.2) is 31.7 Å². The van der Waals surface area contributed by atoms with Crippen molar-refractivity contribution in [1.29, 1.82) is 0 Å². The minimum atomic E-state index is 0.0559. The number of fused-ring (bicyclic) bond motifs is 3. The summed E-state index contributed by atoms with van der Waals surface area (Å²) in [6.07, 6.45) is 0. The van der Waals surface area contributed by atoms with E-state index in [-0.39, 0.29) is 11.5 Å². The normalized spacial score (nSPS) is 11.2. The zero-order valence-electron chi connectivity index (χ0n) is 13.0. The zero-order valence-corrected chi connectivity index (χ0v) is 13.8. The molecule has 0 aliphatic rings. The molecular formula is C18H14N4OS. The number of thioether (sulfide) groups is 1. The molecular weight excluding hydrogens is 320 g/mol. The number of nitrogens with zero attached hydrogens (tertiary/aromatic N) is 3. The largest absolute Gasteiger partial charge is 0.338 e. The molecule has 2 aromatic heterocycles. The predicted molar refractivity (Wildman–Crippen MR) is 95.4 cm³/mol. The van der Waals surface area contributed by atoms with Gasteiger partial charge in [0, 0.05) is 16.5 Å². The van der Waals surface area contributed by atoms with Gasteiger partial charge in [-0.1, -0.05) is 59.8 Å². The van der Waals surface area contributed by atoms with Crippen LogP contribution < -0.4 is 0 Å². The summed E-state index contributed by atoms with van der Waals surface area (Å²) in [5, 5.41) is 9.89. The molecule has 1 N–H and O–H groups in total. The monoisotopic (exact) mass is 334 g/mol. The lowest BCUT2D eigenvalue weighted by molar-refractivity contribution is 0.102. The molecule has 0 atom stereocenters. The van der Waals surface area contributed by atoms with Gasteiger partial charge in [-0.2, -0.15) is 0 Å². The molecule has 0 aliphatic heterocycles. The first kappa shape index (κ1) is 14.8. The van der Waals surface area contributed by atoms with E-state index in [0.717, 1.165) is 22.0 Å². The molecule has 0 amide bonds. The molecule has 0 bridgehead atoms. The number of Topliss-reactive ketones (excluding diaryl/α,β-unsaturated/α-hetero) is 1. The van der Waals surface area contributed by atoms with Gasteiger partial charge in [0.25, 0.3) is 0 Å². The first-order valence-corrected chi connectivity index (χ1v) is 8.53. The van der Waals surface area contributed by atoms with Crippen LogP contribution in [0.25, 0.3) is 22.1 Å². The number of nitrogens with one attached hydrogen (secondary N) is 1. The fourth-order valence-electron chi connectivity index (χ4n) is 2.52. The number of aryl methyl sites for hydroxylation is 1. The van der Waals surface area contributed by atoms with E-state index in [0.29, 0.717) is 16.4 Å². The third kappa shape index (κ3) is 2.76. The summed E-state index contributed by atoms with van der Waals surface area (Å²) in [6.45, 7) is 2.00. The number of H-pyrrole nitrogens is 1. The molecule has 6 heteroatoms. The van der Waals surface area contributed by atoms with Crippen molar-refractivity contribution in [2.24, 2.45) is 0 Å². The number of rotatable bonds is 4. The highest BCUT2D eigenvalue weighted by Gasteiger charge is 2.11. The Bertz CT molecular complexity index is 1040. The molecule has 24 heavy (non-hydrogen) atoms. The lowest BCUT2D eigenvalue weighted by atomic mass is 10.1. The molecule has 4 aromatic rings. The summed E-state index contributed by atoms with van der Waals surface area (Å²) >= 11 is 1.30. The van der Waals surface area contributed by atoms with E-state index in [1.54, 1.807) is 0 Å². The van der Waals surface area contributed by atoms with E-state index >= 15 is 0 Å². The smallest absolute Gasteiger partial charge is 0.211 e. The number of aromatic nitrogens is 4. The fourth-order valence-corrected chi connectivity index (χ4v) is 3.20. The molecule has 0 saturated heterocycles. The van der Waals surface area contributed by atoms with Crippen LogP contribution in [0.15, 0.2) is 53.7 Å². The summed E-state index contributed by atoms with van der Waals surface area (Å²) in [7, 11) is 0. The van der Waals surface area contributed by atoms with E-state index in [9.17, 15) is 4.79 Å². The summed E-state index contributed by atoms with van der Waals surface area (Å²) < 4.78 is 0. The van der Waals surface area contributed by atoms with E-state index in [2.05, 4.69) is 20.2 Å². The Morgan fingerprint density at radius 3 is 2.71 bits per heavy atom. The predicted octanol–water partition coefficient (Wildman–Crippen LogP) is 3.79. The van der Waals surface area contributed by atoms with Crippen LogP contribution in [-0.2, 0) is 0 Å². The van der Waals surface area contributed by atoms with Crippen molar-refractivity contribution in [3.63, 3.8) is 0 Å². The second kappa shape index (κ2) is 6.05. The Labute approximate surface area is 142 Å². The van der Waals surface area contributed by atoms with Gasteiger partial charge in [0.1, 0.15) is 5.52 Å². The van der Waals surface area contributed by atoms with Crippen LogP contribution in [0, 0.1) is 6.92 Å². The summed E-state index contributed by atoms with van der Waals surface area (Å²) in [5.74, 6) is 0.344. The number of benzene rings is 2. The summed E-state index contributed by atoms with van der Waals surface area (Å²) in [4.78, 5) is 19.9. The second-order valence-electron chi connectivity index (χ2n) is 5.54. The van der Waals surface area contributed by atoms with Crippen molar-refractivity contribution in [2.75, 3.05) is 5.75 Å². The highest BCUT2D eigenvalue weighted by Crippen LogP contribution is 2.23. The molecule has 2 aromatic carbocycles. The first-order chi connectivity index (χ1) is 11.7. The van der Waals surface area contributed by atoms with Gasteiger partial charge >= 0.3 is 0 Å². The van der Waals surface area contributed by atoms with Gasteiger partial charge < -0.3 is 4.98 Å². The molecule has 0 saturated carbocycles. The van der Waals surface area contributed by atoms with Gasteiger partial charge in [0.05, 0.1) is 5.75 Å². The van der Waals surface area contributed by atoms with Gasteiger partial charge in [0.2, 0.25) is 5.16 Å². The zero-order chi connectivity index (χ0) is 16.5. The minimum Gasteiger partial charge on any atom is -0.338 e. The summed E-state index contributed by atoms with van der Waals surface area (Å²) in [6, 6.07) is 15.4. The highest BCUT2D eigenvalue weighted by atomic mass is 32.2. The van der Waals surface area contributed by atoms with Gasteiger partial charge in [-0.3, -0.25) is 4.79 Å². The van der Waals surface area contributed by atoms with Gasteiger partial charge in [-0.15, -0.1) is 10.2 Å². The van der Waals surface area contributed by atoms with Gasteiger partial charge in [-0.05, 0) is 13.0 Å². The number of carbonyl (C=O) groups is 1. The van der Waals surface area contributed by atoms with Crippen molar-refractivity contribution in [2.45, 2.75) is 12.1 Å². The number of ketones is 1. The number of hydrogen-bond acceptors (Lipinski definition) is 5. The van der Waals surface area contributed by atoms with E-state index in [4.69, 9.17) is 0 Å². The maximum atomic E-state index is 12.2. The number of para-hydroxylation sites is 1. The van der Waals surface area contributed by atoms with Crippen LogP contribution in [0.1, 0.15) is 15.9 Å². The van der Waals surface area contributed by atoms with Crippen molar-refractivity contribution in [1.82, 2.24) is 20.2 Å². The Hall–Kier alpha value is -2.73. The maximum Gasteiger partial charge on any atom is 0.211 e. The van der Waals surface area contributed by atoms with Gasteiger partial charge in [0.15, 0.2) is 11.4 Å². The molecule has 0 spiro atoms. The van der Waals surface area contributed by atoms with Crippen molar-refractivity contribution in [3.8, 4) is 0 Å². The van der Waals surface area contributed by atoms with Crippen molar-refractivity contribution < 1.29 is 4.79 Å². The second-order valence-corrected chi connectivity index (χ2v) is 6.48. The minimum absolute atomic E-state index is 0.0559. The molecule has 118 valence electrons. The molecule has 4 rings (SSSR count). The number of aromatic amines is 1. The lowest BCUT2D eigenvalue weighted by Crippen LogP contribution is -2.03. The van der Waals surface area contributed by atoms with E-state index in [1.165, 1.54) is 11.8 Å². The van der Waals surface area contributed by atoms with Crippen molar-refractivity contribution in [3.05, 3.63) is 59.7 Å². The Balaban J connectivity index is 1.55. The third-order valence-electron chi connectivity index (χ3n) is 3.81. The fraction of sp³-hybridized carbons (Fsp3) is 0.111. The quantitative estimate of drug-likeness (QED) is 0.454. The number of carbonyl (C=O) groups excluding carboxylic acids is 1. The molecule has 5 nitrogen and oxygen atoms in total. The lowest BCUT2D eigenvalue weighted by Gasteiger charge is -2.01. The first-order valence-electron chi connectivity index (χ1n) is 7.54. The van der Waals surface area contributed by atoms with E-state index in [1.807, 2.05) is 55.5 Å². The van der Waals surface area contributed by atoms with Crippen LogP contribution in [0.3, 0.4) is 0 Å². The van der Waals surface area contributed by atoms with E-state index < -0.39 is 0 Å². The Kier molecular flexibility index (Phi) is 3.74. The molecule has 0 aliphatic carbocycles. The SMILES string of the molecule is Cc1ccc(C(=O)CSc2nnc3c(n2)[nH]c2ccccc23)cc1. The highest BCUT2D eigenvalue weighted by molar-refractivity contribution is 7.99. The third-order valence-corrected chi connectivity index (χ3v) is 4.65. The maximum absolute atomic E-state index is 12.2. The molecule has 2 heterocycles. The number of hydrogen-bond donors (Lipinski definition) is 1. The van der Waals surface area contributed by atoms with Crippen molar-refractivity contribution >= 4 is 39.6 Å². The molecule has 0 radical (unpaired) electrons. The molecule has 0 unspecified atom stereocenters. The Morgan fingerprint density at radius 1 is 1.08 bits per heavy atom. The summed E-state index contributed by atoms with van der Waals surface area (Å²) in [5.41, 5.74) is 4.26. The van der Waals surface area contributed by atoms with Gasteiger partial charge in [-0.25, -0.2) is 4.98 Å². The average molecular weight is 334 g/mol. The van der Waals surface area contributed by atoms with Crippen LogP contribution in [0.4, 0.5) is 0 Å². The molecule has 0 fully saturated rings.